The maximum absolute atomic E-state index is 14.0. The summed E-state index contributed by atoms with van der Waals surface area (Å²) in [6, 6.07) is 9.38. The first-order chi connectivity index (χ1) is 9.56. The van der Waals surface area contributed by atoms with Crippen LogP contribution < -0.4 is 10.1 Å². The predicted octanol–water partition coefficient (Wildman–Crippen LogP) is 3.92. The summed E-state index contributed by atoms with van der Waals surface area (Å²) in [5.74, 6) is -0.730. The average Bonchev–Trinajstić information content (AvgIpc) is 2.46. The Labute approximate surface area is 117 Å². The summed E-state index contributed by atoms with van der Waals surface area (Å²) in [5, 5.41) is 3.09. The molecule has 0 saturated heterocycles. The van der Waals surface area contributed by atoms with E-state index in [0.29, 0.717) is 11.1 Å². The number of methoxy groups -OCH3 is 1. The van der Waals surface area contributed by atoms with Gasteiger partial charge in [-0.1, -0.05) is 12.1 Å². The lowest BCUT2D eigenvalue weighted by Gasteiger charge is -2.13. The van der Waals surface area contributed by atoms with Crippen LogP contribution in [0.1, 0.15) is 18.5 Å². The van der Waals surface area contributed by atoms with Crippen molar-refractivity contribution in [3.05, 3.63) is 53.6 Å². The van der Waals surface area contributed by atoms with Gasteiger partial charge in [0.1, 0.15) is 5.82 Å². The van der Waals surface area contributed by atoms with Gasteiger partial charge in [0, 0.05) is 11.6 Å². The zero-order valence-corrected chi connectivity index (χ0v) is 11.7. The predicted molar refractivity (Wildman–Crippen MR) is 75.8 cm³/mol. The van der Waals surface area contributed by atoms with E-state index in [1.54, 1.807) is 18.2 Å². The third-order valence-electron chi connectivity index (χ3n) is 3.39. The molecule has 0 aromatic heterocycles. The van der Waals surface area contributed by atoms with Gasteiger partial charge in [0.2, 0.25) is 0 Å². The maximum atomic E-state index is 14.0. The van der Waals surface area contributed by atoms with E-state index in [0.717, 1.165) is 5.56 Å². The van der Waals surface area contributed by atoms with E-state index < -0.39 is 5.82 Å². The van der Waals surface area contributed by atoms with Gasteiger partial charge in [-0.25, -0.2) is 8.78 Å². The highest BCUT2D eigenvalue weighted by Gasteiger charge is 2.12. The SMILES string of the molecule is CNC(C)c1ccc(F)c(-c2ccc(OC)c(F)c2)c1. The van der Waals surface area contributed by atoms with Crippen molar-refractivity contribution in [1.29, 1.82) is 0 Å². The van der Waals surface area contributed by atoms with Gasteiger partial charge < -0.3 is 10.1 Å². The lowest BCUT2D eigenvalue weighted by molar-refractivity contribution is 0.386. The van der Waals surface area contributed by atoms with Crippen LogP contribution in [0.15, 0.2) is 36.4 Å². The van der Waals surface area contributed by atoms with Crippen molar-refractivity contribution in [2.24, 2.45) is 0 Å². The van der Waals surface area contributed by atoms with E-state index in [2.05, 4.69) is 5.32 Å². The van der Waals surface area contributed by atoms with Crippen molar-refractivity contribution < 1.29 is 13.5 Å². The molecule has 4 heteroatoms. The molecule has 2 aromatic rings. The van der Waals surface area contributed by atoms with Crippen LogP contribution in [0.4, 0.5) is 8.78 Å². The molecule has 1 N–H and O–H groups in total. The first kappa shape index (κ1) is 14.5. The summed E-state index contributed by atoms with van der Waals surface area (Å²) in [6.45, 7) is 1.98. The molecule has 2 nitrogen and oxygen atoms in total. The molecule has 1 unspecified atom stereocenters. The lowest BCUT2D eigenvalue weighted by atomic mass is 9.99. The van der Waals surface area contributed by atoms with Crippen molar-refractivity contribution >= 4 is 0 Å². The molecule has 0 aliphatic rings. The standard InChI is InChI=1S/C16H17F2NO/c1-10(19-2)11-4-6-14(17)13(8-11)12-5-7-16(20-3)15(18)9-12/h4-10,19H,1-3H3. The Morgan fingerprint density at radius 3 is 2.40 bits per heavy atom. The average molecular weight is 277 g/mol. The van der Waals surface area contributed by atoms with Gasteiger partial charge in [-0.15, -0.1) is 0 Å². The van der Waals surface area contributed by atoms with E-state index in [9.17, 15) is 8.78 Å². The highest BCUT2D eigenvalue weighted by atomic mass is 19.1. The first-order valence-electron chi connectivity index (χ1n) is 6.37. The molecular formula is C16H17F2NO. The van der Waals surface area contributed by atoms with Gasteiger partial charge in [0.15, 0.2) is 11.6 Å². The van der Waals surface area contributed by atoms with E-state index in [4.69, 9.17) is 4.74 Å². The highest BCUT2D eigenvalue weighted by molar-refractivity contribution is 5.66. The molecule has 1 atom stereocenters. The lowest BCUT2D eigenvalue weighted by Crippen LogP contribution is -2.12. The minimum absolute atomic E-state index is 0.0949. The monoisotopic (exact) mass is 277 g/mol. The van der Waals surface area contributed by atoms with Crippen LogP contribution in [0.2, 0.25) is 0 Å². The molecule has 0 amide bonds. The van der Waals surface area contributed by atoms with Crippen LogP contribution in [0, 0.1) is 11.6 Å². The Morgan fingerprint density at radius 2 is 1.80 bits per heavy atom. The van der Waals surface area contributed by atoms with E-state index in [1.165, 1.54) is 25.3 Å². The van der Waals surface area contributed by atoms with E-state index in [1.807, 2.05) is 14.0 Å². The zero-order chi connectivity index (χ0) is 14.7. The number of nitrogens with one attached hydrogen (secondary N) is 1. The fraction of sp³-hybridized carbons (Fsp3) is 0.250. The second kappa shape index (κ2) is 6.01. The van der Waals surface area contributed by atoms with Crippen LogP contribution in [0.3, 0.4) is 0 Å². The van der Waals surface area contributed by atoms with Crippen LogP contribution in [-0.2, 0) is 0 Å². The number of hydrogen-bond donors (Lipinski definition) is 1. The Kier molecular flexibility index (Phi) is 4.35. The molecule has 0 saturated carbocycles. The van der Waals surface area contributed by atoms with Crippen molar-refractivity contribution in [2.75, 3.05) is 14.2 Å². The van der Waals surface area contributed by atoms with Crippen molar-refractivity contribution in [3.8, 4) is 16.9 Å². The molecule has 0 fully saturated rings. The first-order valence-corrected chi connectivity index (χ1v) is 6.37. The highest BCUT2D eigenvalue weighted by Crippen LogP contribution is 2.29. The molecule has 0 aliphatic heterocycles. The Balaban J connectivity index is 2.48. The van der Waals surface area contributed by atoms with Gasteiger partial charge in [0.05, 0.1) is 7.11 Å². The van der Waals surface area contributed by atoms with Crippen LogP contribution in [0.5, 0.6) is 5.75 Å². The van der Waals surface area contributed by atoms with Crippen LogP contribution >= 0.6 is 0 Å². The third kappa shape index (κ3) is 2.80. The van der Waals surface area contributed by atoms with Gasteiger partial charge in [-0.3, -0.25) is 0 Å². The minimum atomic E-state index is -0.503. The van der Waals surface area contributed by atoms with E-state index >= 15 is 0 Å². The molecule has 0 bridgehead atoms. The molecule has 0 aliphatic carbocycles. The Hall–Kier alpha value is -1.94. The number of hydrogen-bond acceptors (Lipinski definition) is 2. The number of rotatable bonds is 4. The van der Waals surface area contributed by atoms with Gasteiger partial charge in [-0.2, -0.15) is 0 Å². The van der Waals surface area contributed by atoms with Crippen LogP contribution in [-0.4, -0.2) is 14.2 Å². The Bertz CT molecular complexity index is 613. The second-order valence-corrected chi connectivity index (χ2v) is 4.60. The fourth-order valence-electron chi connectivity index (χ4n) is 2.03. The van der Waals surface area contributed by atoms with Crippen molar-refractivity contribution in [2.45, 2.75) is 13.0 Å². The molecule has 0 heterocycles. The van der Waals surface area contributed by atoms with Gasteiger partial charge in [-0.05, 0) is 49.4 Å². The molecule has 0 spiro atoms. The molecular weight excluding hydrogens is 260 g/mol. The van der Waals surface area contributed by atoms with Crippen molar-refractivity contribution in [3.63, 3.8) is 0 Å². The Morgan fingerprint density at radius 1 is 1.05 bits per heavy atom. The maximum Gasteiger partial charge on any atom is 0.165 e. The minimum Gasteiger partial charge on any atom is -0.494 e. The van der Waals surface area contributed by atoms with E-state index in [-0.39, 0.29) is 17.6 Å². The van der Waals surface area contributed by atoms with Gasteiger partial charge in [0.25, 0.3) is 0 Å². The molecule has 20 heavy (non-hydrogen) atoms. The molecule has 2 rings (SSSR count). The number of benzene rings is 2. The largest absolute Gasteiger partial charge is 0.494 e. The normalized spacial score (nSPS) is 12.2. The molecule has 0 radical (unpaired) electrons. The quantitative estimate of drug-likeness (QED) is 0.914. The fourth-order valence-corrected chi connectivity index (χ4v) is 2.03. The summed E-state index contributed by atoms with van der Waals surface area (Å²) in [5.41, 5.74) is 1.82. The topological polar surface area (TPSA) is 21.3 Å². The smallest absolute Gasteiger partial charge is 0.165 e. The number of ether oxygens (including phenoxy) is 1. The van der Waals surface area contributed by atoms with Crippen LogP contribution in [0.25, 0.3) is 11.1 Å². The second-order valence-electron chi connectivity index (χ2n) is 4.60. The zero-order valence-electron chi connectivity index (χ0n) is 11.7. The third-order valence-corrected chi connectivity index (χ3v) is 3.39. The molecule has 2 aromatic carbocycles. The number of halogens is 2. The summed E-state index contributed by atoms with van der Waals surface area (Å²) in [6.07, 6.45) is 0. The molecule has 106 valence electrons. The summed E-state index contributed by atoms with van der Waals surface area (Å²) in [4.78, 5) is 0. The summed E-state index contributed by atoms with van der Waals surface area (Å²) < 4.78 is 32.6. The summed E-state index contributed by atoms with van der Waals surface area (Å²) >= 11 is 0. The van der Waals surface area contributed by atoms with Crippen molar-refractivity contribution in [1.82, 2.24) is 5.32 Å². The van der Waals surface area contributed by atoms with Gasteiger partial charge >= 0.3 is 0 Å². The summed E-state index contributed by atoms with van der Waals surface area (Å²) in [7, 11) is 3.23.